The molecule has 2 aliphatic rings. The van der Waals surface area contributed by atoms with E-state index in [-0.39, 0.29) is 11.9 Å². The van der Waals surface area contributed by atoms with Gasteiger partial charge in [0.15, 0.2) is 0 Å². The van der Waals surface area contributed by atoms with Crippen molar-refractivity contribution < 1.29 is 4.79 Å². The van der Waals surface area contributed by atoms with Gasteiger partial charge in [0.1, 0.15) is 0 Å². The van der Waals surface area contributed by atoms with Crippen LogP contribution in [0, 0.1) is 5.92 Å². The van der Waals surface area contributed by atoms with E-state index in [1.165, 1.54) is 6.42 Å². The van der Waals surface area contributed by atoms with E-state index in [1.54, 1.807) is 0 Å². The molecule has 0 spiro atoms. The lowest BCUT2D eigenvalue weighted by Gasteiger charge is -2.37. The highest BCUT2D eigenvalue weighted by Gasteiger charge is 2.29. The molecule has 0 saturated carbocycles. The normalized spacial score (nSPS) is 38.4. The zero-order chi connectivity index (χ0) is 13.1. The van der Waals surface area contributed by atoms with Crippen LogP contribution in [-0.2, 0) is 4.79 Å². The Morgan fingerprint density at radius 3 is 2.72 bits per heavy atom. The van der Waals surface area contributed by atoms with E-state index in [0.29, 0.717) is 18.0 Å². The lowest BCUT2D eigenvalue weighted by molar-refractivity contribution is -0.125. The minimum atomic E-state index is 0.0283. The summed E-state index contributed by atoms with van der Waals surface area (Å²) in [6.07, 6.45) is 4.41. The molecule has 2 saturated heterocycles. The van der Waals surface area contributed by atoms with Crippen molar-refractivity contribution >= 4 is 5.91 Å². The third kappa shape index (κ3) is 3.45. The van der Waals surface area contributed by atoms with Crippen molar-refractivity contribution in [1.82, 2.24) is 15.5 Å². The van der Waals surface area contributed by atoms with Crippen molar-refractivity contribution in [2.45, 2.75) is 57.7 Å². The summed E-state index contributed by atoms with van der Waals surface area (Å²) in [7, 11) is 2.15. The van der Waals surface area contributed by atoms with Crippen molar-refractivity contribution in [2.24, 2.45) is 5.92 Å². The van der Waals surface area contributed by atoms with E-state index in [0.717, 1.165) is 32.4 Å². The number of hydrogen-bond donors (Lipinski definition) is 2. The zero-order valence-electron chi connectivity index (χ0n) is 11.9. The summed E-state index contributed by atoms with van der Waals surface area (Å²) >= 11 is 0. The fourth-order valence-electron chi connectivity index (χ4n) is 3.20. The Kier molecular flexibility index (Phi) is 4.62. The molecule has 2 fully saturated rings. The van der Waals surface area contributed by atoms with E-state index in [4.69, 9.17) is 0 Å². The molecule has 2 rings (SSSR count). The molecule has 4 nitrogen and oxygen atoms in total. The molecule has 0 aromatic carbocycles. The largest absolute Gasteiger partial charge is 0.352 e. The maximum atomic E-state index is 12.3. The van der Waals surface area contributed by atoms with Gasteiger partial charge >= 0.3 is 0 Å². The Morgan fingerprint density at radius 1 is 1.28 bits per heavy atom. The predicted octanol–water partition coefficient (Wildman–Crippen LogP) is 0.973. The van der Waals surface area contributed by atoms with Gasteiger partial charge in [0.05, 0.1) is 6.04 Å². The van der Waals surface area contributed by atoms with Gasteiger partial charge in [-0.2, -0.15) is 0 Å². The predicted molar refractivity (Wildman–Crippen MR) is 73.4 cm³/mol. The Hall–Kier alpha value is -0.610. The van der Waals surface area contributed by atoms with E-state index in [1.807, 2.05) is 0 Å². The number of nitrogens with zero attached hydrogens (tertiary/aromatic N) is 1. The highest BCUT2D eigenvalue weighted by atomic mass is 16.2. The van der Waals surface area contributed by atoms with Gasteiger partial charge in [-0.25, -0.2) is 0 Å². The summed E-state index contributed by atoms with van der Waals surface area (Å²) in [5.74, 6) is 0.761. The number of carbonyl (C=O) groups is 1. The van der Waals surface area contributed by atoms with E-state index in [2.05, 4.69) is 36.4 Å². The average molecular weight is 253 g/mol. The molecule has 2 heterocycles. The van der Waals surface area contributed by atoms with Crippen LogP contribution in [0.4, 0.5) is 0 Å². The summed E-state index contributed by atoms with van der Waals surface area (Å²) in [5.41, 5.74) is 0. The molecule has 0 aromatic heterocycles. The molecule has 18 heavy (non-hydrogen) atoms. The first-order valence-electron chi connectivity index (χ1n) is 7.31. The van der Waals surface area contributed by atoms with Gasteiger partial charge in [0.25, 0.3) is 0 Å². The molecule has 0 aliphatic carbocycles. The molecule has 0 aromatic rings. The first kappa shape index (κ1) is 13.8. The van der Waals surface area contributed by atoms with Crippen molar-refractivity contribution in [1.29, 1.82) is 0 Å². The van der Waals surface area contributed by atoms with Gasteiger partial charge in [-0.15, -0.1) is 0 Å². The third-order valence-electron chi connectivity index (χ3n) is 4.37. The number of carbonyl (C=O) groups excluding carboxylic acids is 1. The van der Waals surface area contributed by atoms with Crippen molar-refractivity contribution in [3.05, 3.63) is 0 Å². The smallest absolute Gasteiger partial charge is 0.237 e. The second kappa shape index (κ2) is 6.02. The first-order chi connectivity index (χ1) is 8.56. The average Bonchev–Trinajstić information content (AvgIpc) is 2.32. The third-order valence-corrected chi connectivity index (χ3v) is 4.37. The standard InChI is InChI=1S/C14H27N3O/c1-10-9-17(3)8-7-12(10)16-14(18)13-6-4-5-11(2)15-13/h10-13,15H,4-9H2,1-3H3,(H,16,18). The van der Waals surface area contributed by atoms with Crippen LogP contribution in [-0.4, -0.2) is 49.1 Å². The number of amides is 1. The van der Waals surface area contributed by atoms with Crippen LogP contribution in [0.3, 0.4) is 0 Å². The van der Waals surface area contributed by atoms with Gasteiger partial charge in [-0.1, -0.05) is 6.92 Å². The second-order valence-electron chi connectivity index (χ2n) is 6.19. The van der Waals surface area contributed by atoms with Crippen LogP contribution >= 0.6 is 0 Å². The fourth-order valence-corrected chi connectivity index (χ4v) is 3.20. The van der Waals surface area contributed by atoms with E-state index in [9.17, 15) is 4.79 Å². The fraction of sp³-hybridized carbons (Fsp3) is 0.929. The minimum Gasteiger partial charge on any atom is -0.352 e. The number of nitrogens with one attached hydrogen (secondary N) is 2. The molecule has 4 heteroatoms. The Morgan fingerprint density at radius 2 is 2.06 bits per heavy atom. The first-order valence-corrected chi connectivity index (χ1v) is 7.31. The lowest BCUT2D eigenvalue weighted by Crippen LogP contribution is -2.55. The van der Waals surface area contributed by atoms with Crippen LogP contribution < -0.4 is 10.6 Å². The molecule has 4 unspecified atom stereocenters. The maximum Gasteiger partial charge on any atom is 0.237 e. The summed E-state index contributed by atoms with van der Waals surface area (Å²) in [4.78, 5) is 14.6. The van der Waals surface area contributed by atoms with Gasteiger partial charge in [0.2, 0.25) is 5.91 Å². The molecule has 0 radical (unpaired) electrons. The van der Waals surface area contributed by atoms with Gasteiger partial charge < -0.3 is 15.5 Å². The quantitative estimate of drug-likeness (QED) is 0.771. The summed E-state index contributed by atoms with van der Waals surface area (Å²) in [5, 5.41) is 6.66. The number of likely N-dealkylation sites (tertiary alicyclic amines) is 1. The molecule has 2 aliphatic heterocycles. The summed E-state index contributed by atoms with van der Waals surface area (Å²) < 4.78 is 0. The Labute approximate surface area is 110 Å². The molecule has 4 atom stereocenters. The van der Waals surface area contributed by atoms with Gasteiger partial charge in [-0.05, 0) is 52.1 Å². The van der Waals surface area contributed by atoms with E-state index < -0.39 is 0 Å². The zero-order valence-corrected chi connectivity index (χ0v) is 11.9. The molecule has 1 amide bonds. The van der Waals surface area contributed by atoms with Crippen molar-refractivity contribution in [2.75, 3.05) is 20.1 Å². The maximum absolute atomic E-state index is 12.3. The van der Waals surface area contributed by atoms with E-state index >= 15 is 0 Å². The molecular weight excluding hydrogens is 226 g/mol. The Bertz CT molecular complexity index is 295. The topological polar surface area (TPSA) is 44.4 Å². The van der Waals surface area contributed by atoms with Crippen LogP contribution in [0.25, 0.3) is 0 Å². The van der Waals surface area contributed by atoms with Crippen molar-refractivity contribution in [3.8, 4) is 0 Å². The van der Waals surface area contributed by atoms with Crippen LogP contribution in [0.1, 0.15) is 39.5 Å². The van der Waals surface area contributed by atoms with Crippen LogP contribution in [0.5, 0.6) is 0 Å². The molecule has 2 N–H and O–H groups in total. The van der Waals surface area contributed by atoms with Crippen LogP contribution in [0.2, 0.25) is 0 Å². The Balaban J connectivity index is 1.83. The number of rotatable bonds is 2. The molecular formula is C14H27N3O. The van der Waals surface area contributed by atoms with Crippen LogP contribution in [0.15, 0.2) is 0 Å². The second-order valence-corrected chi connectivity index (χ2v) is 6.19. The molecule has 104 valence electrons. The lowest BCUT2D eigenvalue weighted by atomic mass is 9.93. The SMILES string of the molecule is CC1CCCC(C(=O)NC2CCN(C)CC2C)N1. The highest BCUT2D eigenvalue weighted by molar-refractivity contribution is 5.82. The highest BCUT2D eigenvalue weighted by Crippen LogP contribution is 2.17. The number of hydrogen-bond acceptors (Lipinski definition) is 3. The minimum absolute atomic E-state index is 0.0283. The number of piperidine rings is 2. The van der Waals surface area contributed by atoms with Gasteiger partial charge in [-0.3, -0.25) is 4.79 Å². The van der Waals surface area contributed by atoms with Crippen molar-refractivity contribution in [3.63, 3.8) is 0 Å². The molecule has 0 bridgehead atoms. The monoisotopic (exact) mass is 253 g/mol. The summed E-state index contributed by atoms with van der Waals surface area (Å²) in [6.45, 7) is 6.57. The van der Waals surface area contributed by atoms with Gasteiger partial charge in [0, 0.05) is 18.6 Å². The summed E-state index contributed by atoms with van der Waals surface area (Å²) in [6, 6.07) is 0.859.